The molecule has 0 atom stereocenters. The van der Waals surface area contributed by atoms with Crippen molar-refractivity contribution in [1.82, 2.24) is 9.97 Å². The Bertz CT molecular complexity index is 915. The lowest BCUT2D eigenvalue weighted by Crippen LogP contribution is -2.37. The summed E-state index contributed by atoms with van der Waals surface area (Å²) in [4.78, 5) is 22.5. The lowest BCUT2D eigenvalue weighted by Gasteiger charge is -2.28. The van der Waals surface area contributed by atoms with Crippen LogP contribution in [0.15, 0.2) is 30.6 Å². The van der Waals surface area contributed by atoms with Gasteiger partial charge in [-0.2, -0.15) is 0 Å². The summed E-state index contributed by atoms with van der Waals surface area (Å²) in [7, 11) is -3.39. The Kier molecular flexibility index (Phi) is 6.48. The first-order chi connectivity index (χ1) is 12.6. The van der Waals surface area contributed by atoms with Crippen molar-refractivity contribution in [2.45, 2.75) is 26.8 Å². The maximum Gasteiger partial charge on any atom is 0.344 e. The van der Waals surface area contributed by atoms with Crippen molar-refractivity contribution in [2.75, 3.05) is 23.6 Å². The van der Waals surface area contributed by atoms with E-state index in [4.69, 9.17) is 4.74 Å². The summed E-state index contributed by atoms with van der Waals surface area (Å²) in [6.45, 7) is 5.37. The van der Waals surface area contributed by atoms with E-state index in [1.54, 1.807) is 20.8 Å². The zero-order chi connectivity index (χ0) is 20.2. The van der Waals surface area contributed by atoms with Crippen LogP contribution in [0.25, 0.3) is 11.3 Å². The zero-order valence-corrected chi connectivity index (χ0v) is 16.5. The van der Waals surface area contributed by atoms with Gasteiger partial charge >= 0.3 is 5.97 Å². The highest BCUT2D eigenvalue weighted by Crippen LogP contribution is 2.30. The number of carbonyl (C=O) groups excluding carboxylic acids is 1. The van der Waals surface area contributed by atoms with E-state index in [9.17, 15) is 17.6 Å². The first-order valence-corrected chi connectivity index (χ1v) is 10.4. The number of aromatic nitrogens is 2. The topological polar surface area (TPSA) is 89.5 Å². The second-order valence-electron chi connectivity index (χ2n) is 6.27. The monoisotopic (exact) mass is 395 g/mol. The van der Waals surface area contributed by atoms with Crippen molar-refractivity contribution in [3.8, 4) is 11.3 Å². The van der Waals surface area contributed by atoms with Crippen LogP contribution in [0, 0.1) is 5.82 Å². The first-order valence-electron chi connectivity index (χ1n) is 8.36. The molecule has 0 aliphatic heterocycles. The Hall–Kier alpha value is -2.55. The number of hydrogen-bond acceptors (Lipinski definition) is 7. The largest absolute Gasteiger partial charge is 0.462 e. The van der Waals surface area contributed by atoms with Gasteiger partial charge in [0.05, 0.1) is 12.3 Å². The number of esters is 1. The molecule has 0 unspecified atom stereocenters. The number of ether oxygens (including phenoxy) is 1. The zero-order valence-electron chi connectivity index (χ0n) is 15.6. The average Bonchev–Trinajstić information content (AvgIpc) is 2.59. The Morgan fingerprint density at radius 2 is 1.85 bits per heavy atom. The van der Waals surface area contributed by atoms with Crippen molar-refractivity contribution < 1.29 is 22.3 Å². The summed E-state index contributed by atoms with van der Waals surface area (Å²) in [5.74, 6) is -1.27. The Morgan fingerprint density at radius 3 is 2.37 bits per heavy atom. The molecule has 9 heteroatoms. The minimum Gasteiger partial charge on any atom is -0.462 e. The maximum atomic E-state index is 13.3. The van der Waals surface area contributed by atoms with E-state index in [1.807, 2.05) is 0 Å². The molecule has 0 saturated carbocycles. The highest BCUT2D eigenvalue weighted by atomic mass is 32.2. The molecule has 146 valence electrons. The summed E-state index contributed by atoms with van der Waals surface area (Å²) >= 11 is 0. The number of nitrogens with zero attached hydrogens (tertiary/aromatic N) is 3. The summed E-state index contributed by atoms with van der Waals surface area (Å²) in [5, 5.41) is 0. The quantitative estimate of drug-likeness (QED) is 0.666. The van der Waals surface area contributed by atoms with Gasteiger partial charge in [-0.15, -0.1) is 0 Å². The van der Waals surface area contributed by atoms with Crippen LogP contribution in [0.4, 0.5) is 10.2 Å². The van der Waals surface area contributed by atoms with Gasteiger partial charge < -0.3 is 9.64 Å². The van der Waals surface area contributed by atoms with Gasteiger partial charge in [-0.1, -0.05) is 0 Å². The number of rotatable bonds is 7. The van der Waals surface area contributed by atoms with Gasteiger partial charge in [0.15, 0.2) is 9.84 Å². The molecular weight excluding hydrogens is 373 g/mol. The molecule has 0 saturated heterocycles. The fourth-order valence-corrected chi connectivity index (χ4v) is 3.45. The van der Waals surface area contributed by atoms with Crippen LogP contribution in [0.3, 0.4) is 0 Å². The van der Waals surface area contributed by atoms with Gasteiger partial charge in [-0.05, 0) is 45.0 Å². The predicted molar refractivity (Wildman–Crippen MR) is 101 cm³/mol. The fourth-order valence-electron chi connectivity index (χ4n) is 2.52. The van der Waals surface area contributed by atoms with Gasteiger partial charge in [0.2, 0.25) is 0 Å². The number of anilines is 1. The Morgan fingerprint density at radius 1 is 1.22 bits per heavy atom. The normalized spacial score (nSPS) is 11.5. The molecule has 0 N–H and O–H groups in total. The maximum absolute atomic E-state index is 13.3. The molecule has 0 aliphatic carbocycles. The molecule has 0 radical (unpaired) electrons. The van der Waals surface area contributed by atoms with Crippen LogP contribution in [0.5, 0.6) is 0 Å². The summed E-state index contributed by atoms with van der Waals surface area (Å²) in [6.07, 6.45) is 2.35. The van der Waals surface area contributed by atoms with Gasteiger partial charge in [-0.3, -0.25) is 0 Å². The molecule has 0 aliphatic rings. The summed E-state index contributed by atoms with van der Waals surface area (Å²) < 4.78 is 42.2. The van der Waals surface area contributed by atoms with Crippen molar-refractivity contribution in [3.05, 3.63) is 42.0 Å². The molecule has 0 fully saturated rings. The van der Waals surface area contributed by atoms with Crippen molar-refractivity contribution >= 4 is 21.6 Å². The third-order valence-corrected chi connectivity index (χ3v) is 4.44. The van der Waals surface area contributed by atoms with Crippen LogP contribution in [0.1, 0.15) is 31.1 Å². The van der Waals surface area contributed by atoms with Crippen molar-refractivity contribution in [3.63, 3.8) is 0 Å². The fraction of sp³-hybridized carbons (Fsp3) is 0.389. The highest BCUT2D eigenvalue weighted by molar-refractivity contribution is 7.90. The number of halogens is 1. The molecule has 2 rings (SSSR count). The second-order valence-corrected chi connectivity index (χ2v) is 8.38. The molecule has 1 aromatic heterocycles. The number of sulfone groups is 1. The second kappa shape index (κ2) is 8.43. The third kappa shape index (κ3) is 5.22. The minimum atomic E-state index is -3.39. The van der Waals surface area contributed by atoms with Gasteiger partial charge in [0.1, 0.15) is 29.4 Å². The van der Waals surface area contributed by atoms with E-state index in [0.717, 1.165) is 6.26 Å². The molecule has 2 aromatic rings. The molecule has 1 heterocycles. The van der Waals surface area contributed by atoms with Gasteiger partial charge in [0.25, 0.3) is 0 Å². The number of hydrogen-bond donors (Lipinski definition) is 0. The average molecular weight is 395 g/mol. The predicted octanol–water partition coefficient (Wildman–Crippen LogP) is 2.68. The first kappa shape index (κ1) is 20.8. The Balaban J connectivity index is 2.71. The van der Waals surface area contributed by atoms with E-state index in [2.05, 4.69) is 9.97 Å². The van der Waals surface area contributed by atoms with Gasteiger partial charge in [0, 0.05) is 17.9 Å². The minimum absolute atomic E-state index is 0.0447. The number of carbonyl (C=O) groups is 1. The smallest absolute Gasteiger partial charge is 0.344 e. The van der Waals surface area contributed by atoms with Crippen molar-refractivity contribution in [1.29, 1.82) is 0 Å². The molecule has 0 spiro atoms. The van der Waals surface area contributed by atoms with E-state index < -0.39 is 21.6 Å². The van der Waals surface area contributed by atoms with Crippen LogP contribution in [0.2, 0.25) is 0 Å². The molecule has 7 nitrogen and oxygen atoms in total. The van der Waals surface area contributed by atoms with E-state index >= 15 is 0 Å². The molecule has 1 aromatic carbocycles. The van der Waals surface area contributed by atoms with E-state index in [-0.39, 0.29) is 35.6 Å². The van der Waals surface area contributed by atoms with Crippen LogP contribution < -0.4 is 4.90 Å². The van der Waals surface area contributed by atoms with Crippen LogP contribution in [-0.2, 0) is 14.6 Å². The Labute approximate surface area is 158 Å². The molecule has 0 bridgehead atoms. The third-order valence-electron chi connectivity index (χ3n) is 3.69. The van der Waals surface area contributed by atoms with Gasteiger partial charge in [-0.25, -0.2) is 27.6 Å². The van der Waals surface area contributed by atoms with Crippen LogP contribution >= 0.6 is 0 Å². The molecule has 0 amide bonds. The van der Waals surface area contributed by atoms with E-state index in [1.165, 1.54) is 35.5 Å². The SMILES string of the molecule is CCOC(=O)c1c(-c2ccc(F)cc2)ncnc1N(CS(C)(=O)=O)C(C)C. The van der Waals surface area contributed by atoms with E-state index in [0.29, 0.717) is 5.56 Å². The van der Waals surface area contributed by atoms with Crippen LogP contribution in [-0.4, -0.2) is 49.1 Å². The summed E-state index contributed by atoms with van der Waals surface area (Å²) in [6, 6.07) is 5.22. The molecule has 27 heavy (non-hydrogen) atoms. The highest BCUT2D eigenvalue weighted by Gasteiger charge is 2.28. The molecular formula is C18H22FN3O4S. The lowest BCUT2D eigenvalue weighted by molar-refractivity contribution is 0.0527. The number of benzene rings is 1. The summed E-state index contributed by atoms with van der Waals surface area (Å²) in [5.41, 5.74) is 0.784. The lowest BCUT2D eigenvalue weighted by atomic mass is 10.1. The standard InChI is InChI=1S/C18H22FN3O4S/c1-5-26-18(23)15-16(13-6-8-14(19)9-7-13)20-10-21-17(15)22(12(2)3)11-27(4,24)25/h6-10,12H,5,11H2,1-4H3. The van der Waals surface area contributed by atoms with Crippen molar-refractivity contribution in [2.24, 2.45) is 0 Å².